The van der Waals surface area contributed by atoms with E-state index in [-0.39, 0.29) is 0 Å². The van der Waals surface area contributed by atoms with Crippen LogP contribution in [-0.2, 0) is 0 Å². The predicted octanol–water partition coefficient (Wildman–Crippen LogP) is 1.45. The highest BCUT2D eigenvalue weighted by molar-refractivity contribution is 5.59. The van der Waals surface area contributed by atoms with Gasteiger partial charge in [0.05, 0.1) is 6.20 Å². The van der Waals surface area contributed by atoms with Crippen molar-refractivity contribution in [2.75, 3.05) is 0 Å². The maximum Gasteiger partial charge on any atom is 0.181 e. The monoisotopic (exact) mass is 133 g/mol. The Balaban J connectivity index is 3.20. The van der Waals surface area contributed by atoms with E-state index in [1.165, 1.54) is 0 Å². The van der Waals surface area contributed by atoms with Crippen LogP contribution in [0, 0.1) is 0 Å². The third kappa shape index (κ3) is 1.07. The van der Waals surface area contributed by atoms with Crippen molar-refractivity contribution in [3.05, 3.63) is 24.4 Å². The normalized spacial score (nSPS) is 8.80. The van der Waals surface area contributed by atoms with Crippen molar-refractivity contribution < 1.29 is 0 Å². The minimum absolute atomic E-state index is 0.525. The maximum absolute atomic E-state index is 3.72. The molecule has 0 spiro atoms. The van der Waals surface area contributed by atoms with Gasteiger partial charge in [-0.25, -0.2) is 4.99 Å². The largest absolute Gasteiger partial charge is 0.243 e. The smallest absolute Gasteiger partial charge is 0.181 e. The van der Waals surface area contributed by atoms with Crippen LogP contribution in [0.3, 0.4) is 0 Å². The van der Waals surface area contributed by atoms with Gasteiger partial charge in [0.15, 0.2) is 5.82 Å². The highest BCUT2D eigenvalue weighted by atomic mass is 15.1. The standard InChI is InChI=1S/C7H7N3/c1-3-6-4-5-9-10-7(6)8-2/h3-5H,1-2H2. The van der Waals surface area contributed by atoms with Crippen LogP contribution < -0.4 is 0 Å². The number of aliphatic imine (C=N–C) groups is 1. The molecule has 0 saturated heterocycles. The molecule has 1 aromatic heterocycles. The number of hydrogen-bond donors (Lipinski definition) is 0. The van der Waals surface area contributed by atoms with Gasteiger partial charge in [-0.3, -0.25) is 0 Å². The number of hydrogen-bond acceptors (Lipinski definition) is 3. The Kier molecular flexibility index (Phi) is 1.89. The number of rotatable bonds is 2. The van der Waals surface area contributed by atoms with E-state index in [1.807, 2.05) is 0 Å². The molecule has 3 heteroatoms. The molecule has 0 aromatic carbocycles. The fourth-order valence-electron chi connectivity index (χ4n) is 0.616. The van der Waals surface area contributed by atoms with Gasteiger partial charge in [-0.15, -0.1) is 5.10 Å². The van der Waals surface area contributed by atoms with Gasteiger partial charge in [-0.1, -0.05) is 12.7 Å². The lowest BCUT2D eigenvalue weighted by Gasteiger charge is -1.93. The molecular weight excluding hydrogens is 126 g/mol. The molecule has 1 rings (SSSR count). The quantitative estimate of drug-likeness (QED) is 0.572. The molecule has 0 amide bonds. The van der Waals surface area contributed by atoms with Crippen molar-refractivity contribution in [3.8, 4) is 0 Å². The molecule has 3 nitrogen and oxygen atoms in total. The first-order valence-electron chi connectivity index (χ1n) is 2.79. The summed E-state index contributed by atoms with van der Waals surface area (Å²) < 4.78 is 0. The lowest BCUT2D eigenvalue weighted by molar-refractivity contribution is 1.02. The summed E-state index contributed by atoms with van der Waals surface area (Å²) >= 11 is 0. The van der Waals surface area contributed by atoms with Crippen LogP contribution in [0.25, 0.3) is 6.08 Å². The lowest BCUT2D eigenvalue weighted by Crippen LogP contribution is -1.81. The molecule has 0 bridgehead atoms. The van der Waals surface area contributed by atoms with E-state index < -0.39 is 0 Å². The molecule has 0 aliphatic heterocycles. The van der Waals surface area contributed by atoms with E-state index in [1.54, 1.807) is 18.3 Å². The summed E-state index contributed by atoms with van der Waals surface area (Å²) in [6, 6.07) is 1.78. The number of nitrogens with zero attached hydrogens (tertiary/aromatic N) is 3. The summed E-state index contributed by atoms with van der Waals surface area (Å²) in [6.45, 7) is 6.92. The highest BCUT2D eigenvalue weighted by Crippen LogP contribution is 2.12. The van der Waals surface area contributed by atoms with Gasteiger partial charge >= 0.3 is 0 Å². The van der Waals surface area contributed by atoms with E-state index in [0.29, 0.717) is 5.82 Å². The zero-order valence-corrected chi connectivity index (χ0v) is 5.49. The fourth-order valence-corrected chi connectivity index (χ4v) is 0.616. The second kappa shape index (κ2) is 2.87. The van der Waals surface area contributed by atoms with Crippen molar-refractivity contribution in [1.82, 2.24) is 10.2 Å². The third-order valence-corrected chi connectivity index (χ3v) is 1.10. The van der Waals surface area contributed by atoms with Gasteiger partial charge in [-0.2, -0.15) is 5.10 Å². The van der Waals surface area contributed by atoms with Gasteiger partial charge in [-0.05, 0) is 12.8 Å². The lowest BCUT2D eigenvalue weighted by atomic mass is 10.3. The molecule has 0 radical (unpaired) electrons. The topological polar surface area (TPSA) is 38.1 Å². The van der Waals surface area contributed by atoms with Gasteiger partial charge in [0.25, 0.3) is 0 Å². The summed E-state index contributed by atoms with van der Waals surface area (Å²) in [4.78, 5) is 3.65. The van der Waals surface area contributed by atoms with Crippen molar-refractivity contribution in [1.29, 1.82) is 0 Å². The molecule has 0 aliphatic carbocycles. The molecular formula is C7H7N3. The summed E-state index contributed by atoms with van der Waals surface area (Å²) in [5.41, 5.74) is 0.852. The summed E-state index contributed by atoms with van der Waals surface area (Å²) in [6.07, 6.45) is 3.25. The van der Waals surface area contributed by atoms with E-state index in [4.69, 9.17) is 0 Å². The van der Waals surface area contributed by atoms with Gasteiger partial charge in [0, 0.05) is 5.56 Å². The Bertz CT molecular complexity index is 228. The SMILES string of the molecule is C=Cc1ccnnc1N=C. The maximum atomic E-state index is 3.72. The van der Waals surface area contributed by atoms with Crippen LogP contribution in [-0.4, -0.2) is 16.9 Å². The molecule has 1 aromatic rings. The van der Waals surface area contributed by atoms with Crippen LogP contribution in [0.15, 0.2) is 23.8 Å². The van der Waals surface area contributed by atoms with Crippen LogP contribution >= 0.6 is 0 Å². The number of aromatic nitrogens is 2. The summed E-state index contributed by atoms with van der Waals surface area (Å²) in [5.74, 6) is 0.525. The second-order valence-corrected chi connectivity index (χ2v) is 1.67. The Morgan fingerprint density at radius 2 is 2.40 bits per heavy atom. The molecule has 0 unspecified atom stereocenters. The molecule has 10 heavy (non-hydrogen) atoms. The van der Waals surface area contributed by atoms with Gasteiger partial charge in [0.1, 0.15) is 0 Å². The minimum atomic E-state index is 0.525. The first-order valence-corrected chi connectivity index (χ1v) is 2.79. The Labute approximate surface area is 59.1 Å². The molecule has 0 aliphatic rings. The van der Waals surface area contributed by atoms with Crippen LogP contribution in [0.1, 0.15) is 5.56 Å². The van der Waals surface area contributed by atoms with E-state index in [0.717, 1.165) is 5.56 Å². The minimum Gasteiger partial charge on any atom is -0.243 e. The molecule has 0 N–H and O–H groups in total. The zero-order valence-electron chi connectivity index (χ0n) is 5.49. The molecule has 0 saturated carbocycles. The van der Waals surface area contributed by atoms with Gasteiger partial charge < -0.3 is 0 Å². The third-order valence-electron chi connectivity index (χ3n) is 1.10. The van der Waals surface area contributed by atoms with E-state index >= 15 is 0 Å². The van der Waals surface area contributed by atoms with Crippen LogP contribution in [0.5, 0.6) is 0 Å². The molecule has 0 atom stereocenters. The summed E-state index contributed by atoms with van der Waals surface area (Å²) in [5, 5.41) is 7.35. The first-order chi connectivity index (χ1) is 4.88. The van der Waals surface area contributed by atoms with Crippen LogP contribution in [0.4, 0.5) is 5.82 Å². The molecule has 1 heterocycles. The van der Waals surface area contributed by atoms with Crippen molar-refractivity contribution in [2.45, 2.75) is 0 Å². The predicted molar refractivity (Wildman–Crippen MR) is 41.3 cm³/mol. The van der Waals surface area contributed by atoms with E-state index in [9.17, 15) is 0 Å². The molecule has 50 valence electrons. The van der Waals surface area contributed by atoms with Crippen molar-refractivity contribution >= 4 is 18.6 Å². The second-order valence-electron chi connectivity index (χ2n) is 1.67. The highest BCUT2D eigenvalue weighted by Gasteiger charge is 1.94. The summed E-state index contributed by atoms with van der Waals surface area (Å²) in [7, 11) is 0. The Hall–Kier alpha value is -1.51. The first kappa shape index (κ1) is 6.61. The molecule has 0 fully saturated rings. The Morgan fingerprint density at radius 3 is 2.90 bits per heavy atom. The van der Waals surface area contributed by atoms with Gasteiger partial charge in [0.2, 0.25) is 0 Å². The average Bonchev–Trinajstić information content (AvgIpc) is 2.04. The zero-order chi connectivity index (χ0) is 7.40. The van der Waals surface area contributed by atoms with E-state index in [2.05, 4.69) is 28.5 Å². The fraction of sp³-hybridized carbons (Fsp3) is 0. The Morgan fingerprint density at radius 1 is 1.60 bits per heavy atom. The van der Waals surface area contributed by atoms with Crippen molar-refractivity contribution in [2.24, 2.45) is 4.99 Å². The average molecular weight is 133 g/mol. The van der Waals surface area contributed by atoms with Crippen LogP contribution in [0.2, 0.25) is 0 Å². The van der Waals surface area contributed by atoms with Crippen molar-refractivity contribution in [3.63, 3.8) is 0 Å².